The van der Waals surface area contributed by atoms with Crippen LogP contribution in [0.4, 0.5) is 0 Å². The Bertz CT molecular complexity index is 765. The second kappa shape index (κ2) is 7.14. The highest BCUT2D eigenvalue weighted by atomic mass is 35.5. The van der Waals surface area contributed by atoms with Gasteiger partial charge in [0.1, 0.15) is 0 Å². The molecule has 1 saturated heterocycles. The van der Waals surface area contributed by atoms with Gasteiger partial charge in [0.05, 0.1) is 17.3 Å². The van der Waals surface area contributed by atoms with E-state index in [1.165, 1.54) is 0 Å². The molecule has 0 spiro atoms. The van der Waals surface area contributed by atoms with Crippen molar-refractivity contribution in [1.82, 2.24) is 25.6 Å². The molecule has 1 aliphatic rings. The van der Waals surface area contributed by atoms with Crippen molar-refractivity contribution in [3.8, 4) is 0 Å². The van der Waals surface area contributed by atoms with E-state index in [4.69, 9.17) is 11.6 Å². The molecule has 0 radical (unpaired) electrons. The van der Waals surface area contributed by atoms with Crippen molar-refractivity contribution in [2.24, 2.45) is 0 Å². The summed E-state index contributed by atoms with van der Waals surface area (Å²) >= 11 is 6.08. The molecule has 134 valence electrons. The lowest BCUT2D eigenvalue weighted by Gasteiger charge is -2.27. The number of benzene rings is 1. The maximum absolute atomic E-state index is 12.8. The van der Waals surface area contributed by atoms with Gasteiger partial charge in [0.25, 0.3) is 5.91 Å². The van der Waals surface area contributed by atoms with Crippen LogP contribution in [0.2, 0.25) is 5.02 Å². The molecule has 2 heterocycles. The molecule has 0 unspecified atom stereocenters. The fourth-order valence-corrected chi connectivity index (χ4v) is 3.43. The number of hydrogen-bond donors (Lipinski definition) is 2. The summed E-state index contributed by atoms with van der Waals surface area (Å²) < 4.78 is 1.89. The van der Waals surface area contributed by atoms with Crippen molar-refractivity contribution >= 4 is 17.5 Å². The maximum atomic E-state index is 12.8. The number of rotatable bonds is 4. The second-order valence-corrected chi connectivity index (χ2v) is 7.48. The third-order valence-electron chi connectivity index (χ3n) is 4.77. The van der Waals surface area contributed by atoms with Gasteiger partial charge in [0.2, 0.25) is 0 Å². The highest BCUT2D eigenvalue weighted by Crippen LogP contribution is 2.24. The van der Waals surface area contributed by atoms with Crippen molar-refractivity contribution in [3.05, 3.63) is 46.2 Å². The fourth-order valence-electron chi connectivity index (χ4n) is 3.24. The fraction of sp³-hybridized carbons (Fsp3) is 0.500. The van der Waals surface area contributed by atoms with E-state index in [1.807, 2.05) is 49.7 Å². The lowest BCUT2D eigenvalue weighted by molar-refractivity contribution is 0.0906. The number of piperidine rings is 1. The summed E-state index contributed by atoms with van der Waals surface area (Å²) in [6.45, 7) is 7.73. The zero-order chi connectivity index (χ0) is 18.0. The Labute approximate surface area is 152 Å². The minimum absolute atomic E-state index is 0.220. The molecule has 25 heavy (non-hydrogen) atoms. The highest BCUT2D eigenvalue weighted by Gasteiger charge is 2.28. The summed E-state index contributed by atoms with van der Waals surface area (Å²) in [6, 6.07) is 7.81. The Hall–Kier alpha value is -1.92. The van der Waals surface area contributed by atoms with E-state index in [0.717, 1.165) is 37.2 Å². The lowest BCUT2D eigenvalue weighted by atomic mass is 9.94. The van der Waals surface area contributed by atoms with Crippen molar-refractivity contribution < 1.29 is 4.79 Å². The van der Waals surface area contributed by atoms with Gasteiger partial charge >= 0.3 is 0 Å². The standard InChI is InChI=1S/C18H24ClN5O/c1-12-16(22-23-24(12)15-7-9-20-10-8-15)17(25)21-18(2,3)13-5-4-6-14(19)11-13/h4-6,11,15,20H,7-10H2,1-3H3,(H,21,25). The van der Waals surface area contributed by atoms with Crippen LogP contribution in [0.1, 0.15) is 54.5 Å². The molecule has 0 bridgehead atoms. The van der Waals surface area contributed by atoms with Gasteiger partial charge in [-0.1, -0.05) is 28.9 Å². The smallest absolute Gasteiger partial charge is 0.274 e. The minimum Gasteiger partial charge on any atom is -0.342 e. The van der Waals surface area contributed by atoms with E-state index in [-0.39, 0.29) is 5.91 Å². The molecule has 0 aliphatic carbocycles. The number of nitrogens with one attached hydrogen (secondary N) is 2. The van der Waals surface area contributed by atoms with Crippen molar-refractivity contribution in [3.63, 3.8) is 0 Å². The molecular weight excluding hydrogens is 338 g/mol. The summed E-state index contributed by atoms with van der Waals surface area (Å²) in [4.78, 5) is 12.8. The van der Waals surface area contributed by atoms with E-state index in [9.17, 15) is 4.79 Å². The Morgan fingerprint density at radius 2 is 2.08 bits per heavy atom. The van der Waals surface area contributed by atoms with Crippen LogP contribution in [0.5, 0.6) is 0 Å². The first-order chi connectivity index (χ1) is 11.9. The normalized spacial score (nSPS) is 16.0. The number of carbonyl (C=O) groups is 1. The molecular formula is C18H24ClN5O. The predicted octanol–water partition coefficient (Wildman–Crippen LogP) is 2.83. The molecule has 3 rings (SSSR count). The molecule has 6 nitrogen and oxygen atoms in total. The number of hydrogen-bond acceptors (Lipinski definition) is 4. The van der Waals surface area contributed by atoms with E-state index in [1.54, 1.807) is 0 Å². The summed E-state index contributed by atoms with van der Waals surface area (Å²) in [5.74, 6) is -0.220. The van der Waals surface area contributed by atoms with Gasteiger partial charge in [-0.25, -0.2) is 4.68 Å². The van der Waals surface area contributed by atoms with Crippen LogP contribution in [-0.2, 0) is 5.54 Å². The first-order valence-corrected chi connectivity index (χ1v) is 8.97. The van der Waals surface area contributed by atoms with Crippen LogP contribution in [0, 0.1) is 6.92 Å². The van der Waals surface area contributed by atoms with Crippen LogP contribution in [0.25, 0.3) is 0 Å². The number of halogens is 1. The third-order valence-corrected chi connectivity index (χ3v) is 5.00. The highest BCUT2D eigenvalue weighted by molar-refractivity contribution is 6.30. The molecule has 1 aromatic heterocycles. The molecule has 1 amide bonds. The topological polar surface area (TPSA) is 71.8 Å². The number of amides is 1. The van der Waals surface area contributed by atoms with Crippen molar-refractivity contribution in [2.75, 3.05) is 13.1 Å². The first-order valence-electron chi connectivity index (χ1n) is 8.59. The van der Waals surface area contributed by atoms with E-state index in [0.29, 0.717) is 16.8 Å². The van der Waals surface area contributed by atoms with Gasteiger partial charge in [-0.3, -0.25) is 4.79 Å². The average Bonchev–Trinajstić information content (AvgIpc) is 2.97. The summed E-state index contributed by atoms with van der Waals surface area (Å²) in [7, 11) is 0. The molecule has 0 atom stereocenters. The Morgan fingerprint density at radius 1 is 1.36 bits per heavy atom. The summed E-state index contributed by atoms with van der Waals surface area (Å²) in [5, 5.41) is 15.4. The molecule has 0 saturated carbocycles. The van der Waals surface area contributed by atoms with Crippen molar-refractivity contribution in [2.45, 2.75) is 45.2 Å². The van der Waals surface area contributed by atoms with Crippen molar-refractivity contribution in [1.29, 1.82) is 0 Å². The molecule has 2 aromatic rings. The monoisotopic (exact) mass is 361 g/mol. The van der Waals surface area contributed by atoms with Crippen LogP contribution in [0.15, 0.2) is 24.3 Å². The van der Waals surface area contributed by atoms with Crippen LogP contribution in [-0.4, -0.2) is 34.0 Å². The minimum atomic E-state index is -0.563. The van der Waals surface area contributed by atoms with Crippen LogP contribution >= 0.6 is 11.6 Å². The summed E-state index contributed by atoms with van der Waals surface area (Å²) in [5.41, 5.74) is 1.57. The van der Waals surface area contributed by atoms with Gasteiger partial charge in [0.15, 0.2) is 5.69 Å². The molecule has 1 fully saturated rings. The van der Waals surface area contributed by atoms with Gasteiger partial charge < -0.3 is 10.6 Å². The van der Waals surface area contributed by atoms with E-state index < -0.39 is 5.54 Å². The van der Waals surface area contributed by atoms with Gasteiger partial charge in [0, 0.05) is 5.02 Å². The van der Waals surface area contributed by atoms with Gasteiger partial charge in [-0.15, -0.1) is 5.10 Å². The second-order valence-electron chi connectivity index (χ2n) is 7.04. The number of carbonyl (C=O) groups excluding carboxylic acids is 1. The number of aromatic nitrogens is 3. The largest absolute Gasteiger partial charge is 0.342 e. The van der Waals surface area contributed by atoms with Crippen LogP contribution < -0.4 is 10.6 Å². The SMILES string of the molecule is Cc1c(C(=O)NC(C)(C)c2cccc(Cl)c2)nnn1C1CCNCC1. The molecule has 2 N–H and O–H groups in total. The molecule has 1 aliphatic heterocycles. The van der Waals surface area contributed by atoms with E-state index in [2.05, 4.69) is 20.9 Å². The van der Waals surface area contributed by atoms with E-state index >= 15 is 0 Å². The lowest BCUT2D eigenvalue weighted by Crippen LogP contribution is -2.41. The predicted molar refractivity (Wildman–Crippen MR) is 97.8 cm³/mol. The maximum Gasteiger partial charge on any atom is 0.274 e. The quantitative estimate of drug-likeness (QED) is 0.878. The zero-order valence-corrected chi connectivity index (χ0v) is 15.6. The molecule has 1 aromatic carbocycles. The first kappa shape index (κ1) is 17.9. The summed E-state index contributed by atoms with van der Waals surface area (Å²) in [6.07, 6.45) is 2.00. The zero-order valence-electron chi connectivity index (χ0n) is 14.8. The Balaban J connectivity index is 1.78. The Morgan fingerprint density at radius 3 is 2.76 bits per heavy atom. The third kappa shape index (κ3) is 3.85. The Kier molecular flexibility index (Phi) is 5.11. The molecule has 7 heteroatoms. The van der Waals surface area contributed by atoms with Gasteiger partial charge in [-0.2, -0.15) is 0 Å². The average molecular weight is 362 g/mol. The number of nitrogens with zero attached hydrogens (tertiary/aromatic N) is 3. The van der Waals surface area contributed by atoms with Crippen LogP contribution in [0.3, 0.4) is 0 Å². The van der Waals surface area contributed by atoms with Gasteiger partial charge in [-0.05, 0) is 64.4 Å².